The van der Waals surface area contributed by atoms with Crippen LogP contribution in [0.25, 0.3) is 122 Å². The van der Waals surface area contributed by atoms with Crippen LogP contribution in [0.3, 0.4) is 0 Å². The minimum atomic E-state index is 0.615. The standard InChI is InChI=1S/C56H34N4O/c1-3-13-35(14-4-1)37-23-25-39(26-24-37)52-45-19-7-10-20-47(45)57-56(58-52)60-48-21-11-8-17-41(48)43-31-32-46-51-49(34-33-44-42-18-9-12-22-50(42)61-55(44)51)59(54(46)53(43)60)40-29-27-38(28-30-40)36-15-5-2-6-16-36/h1-34H. The summed E-state index contributed by atoms with van der Waals surface area (Å²) in [6.45, 7) is 0. The lowest BCUT2D eigenvalue weighted by Gasteiger charge is -2.14. The molecule has 13 rings (SSSR count). The summed E-state index contributed by atoms with van der Waals surface area (Å²) >= 11 is 0. The summed E-state index contributed by atoms with van der Waals surface area (Å²) in [5, 5.41) is 7.65. The Balaban J connectivity index is 1.14. The van der Waals surface area contributed by atoms with Crippen LogP contribution < -0.4 is 0 Å². The van der Waals surface area contributed by atoms with Gasteiger partial charge in [0.1, 0.15) is 11.2 Å². The number of rotatable bonds is 5. The van der Waals surface area contributed by atoms with Crippen LogP contribution in [-0.2, 0) is 0 Å². The molecule has 4 heterocycles. The summed E-state index contributed by atoms with van der Waals surface area (Å²) in [5.41, 5.74) is 14.5. The molecular weight excluding hydrogens is 745 g/mol. The summed E-state index contributed by atoms with van der Waals surface area (Å²) < 4.78 is 11.5. The Morgan fingerprint density at radius 1 is 0.344 bits per heavy atom. The minimum absolute atomic E-state index is 0.615. The highest BCUT2D eigenvalue weighted by atomic mass is 16.3. The molecule has 0 atom stereocenters. The average molecular weight is 779 g/mol. The predicted molar refractivity (Wildman–Crippen MR) is 252 cm³/mol. The van der Waals surface area contributed by atoms with Crippen molar-refractivity contribution in [2.24, 2.45) is 0 Å². The van der Waals surface area contributed by atoms with E-state index in [4.69, 9.17) is 14.4 Å². The quantitative estimate of drug-likeness (QED) is 0.175. The van der Waals surface area contributed by atoms with Gasteiger partial charge in [-0.2, -0.15) is 0 Å². The molecule has 0 saturated heterocycles. The van der Waals surface area contributed by atoms with E-state index < -0.39 is 0 Å². The zero-order valence-electron chi connectivity index (χ0n) is 32.8. The van der Waals surface area contributed by atoms with E-state index in [1.165, 1.54) is 11.1 Å². The molecule has 13 aromatic rings. The lowest BCUT2D eigenvalue weighted by Crippen LogP contribution is -2.04. The Bertz CT molecular complexity index is 3840. The third kappa shape index (κ3) is 5.08. The second kappa shape index (κ2) is 13.1. The molecule has 61 heavy (non-hydrogen) atoms. The van der Waals surface area contributed by atoms with Crippen LogP contribution in [0.4, 0.5) is 0 Å². The molecule has 4 aromatic heterocycles. The maximum atomic E-state index is 6.79. The average Bonchev–Trinajstić information content (AvgIpc) is 4.00. The summed E-state index contributed by atoms with van der Waals surface area (Å²) in [6, 6.07) is 73.0. The fourth-order valence-corrected chi connectivity index (χ4v) is 9.56. The second-order valence-corrected chi connectivity index (χ2v) is 15.7. The van der Waals surface area contributed by atoms with E-state index >= 15 is 0 Å². The number of nitrogens with zero attached hydrogens (tertiary/aromatic N) is 4. The maximum Gasteiger partial charge on any atom is 0.235 e. The molecule has 0 aliphatic heterocycles. The van der Waals surface area contributed by atoms with E-state index in [0.717, 1.165) is 105 Å². The van der Waals surface area contributed by atoms with Gasteiger partial charge in [0.25, 0.3) is 0 Å². The Kier molecular flexibility index (Phi) is 7.24. The van der Waals surface area contributed by atoms with Gasteiger partial charge >= 0.3 is 0 Å². The van der Waals surface area contributed by atoms with Gasteiger partial charge in [0.15, 0.2) is 0 Å². The molecule has 0 radical (unpaired) electrons. The Hall–Kier alpha value is -8.28. The SMILES string of the molecule is c1ccc(-c2ccc(-c3nc(-n4c5ccccc5c5ccc6c7c8oc9ccccc9c8ccc7n(-c7ccc(-c8ccccc8)cc7)c6c54)nc4ccccc34)cc2)cc1. The molecule has 5 nitrogen and oxygen atoms in total. The van der Waals surface area contributed by atoms with Gasteiger partial charge in [-0.25, -0.2) is 9.97 Å². The molecule has 284 valence electrons. The Labute approximate surface area is 350 Å². The molecule has 0 bridgehead atoms. The molecular formula is C56H34N4O. The van der Waals surface area contributed by atoms with Crippen LogP contribution in [0.1, 0.15) is 0 Å². The van der Waals surface area contributed by atoms with Gasteiger partial charge in [-0.05, 0) is 64.7 Å². The number of furan rings is 1. The number of hydrogen-bond donors (Lipinski definition) is 0. The van der Waals surface area contributed by atoms with Crippen LogP contribution in [0.5, 0.6) is 0 Å². The fourth-order valence-electron chi connectivity index (χ4n) is 9.56. The van der Waals surface area contributed by atoms with Gasteiger partial charge in [-0.3, -0.25) is 4.57 Å². The largest absolute Gasteiger partial charge is 0.455 e. The number of benzene rings is 9. The molecule has 0 unspecified atom stereocenters. The molecule has 9 aromatic carbocycles. The van der Waals surface area contributed by atoms with Crippen LogP contribution in [-0.4, -0.2) is 19.1 Å². The predicted octanol–water partition coefficient (Wildman–Crippen LogP) is 14.7. The Morgan fingerprint density at radius 3 is 1.66 bits per heavy atom. The van der Waals surface area contributed by atoms with Crippen molar-refractivity contribution in [1.29, 1.82) is 0 Å². The maximum absolute atomic E-state index is 6.79. The van der Waals surface area contributed by atoms with Gasteiger partial charge in [0.2, 0.25) is 5.95 Å². The van der Waals surface area contributed by atoms with Crippen molar-refractivity contribution in [2.45, 2.75) is 0 Å². The molecule has 5 heteroatoms. The molecule has 0 amide bonds. The highest BCUT2D eigenvalue weighted by molar-refractivity contribution is 6.29. The van der Waals surface area contributed by atoms with Crippen molar-refractivity contribution >= 4 is 76.5 Å². The number of fused-ring (bicyclic) bond motifs is 12. The van der Waals surface area contributed by atoms with Gasteiger partial charge in [-0.15, -0.1) is 0 Å². The number of para-hydroxylation sites is 3. The third-order valence-electron chi connectivity index (χ3n) is 12.4. The molecule has 0 saturated carbocycles. The number of hydrogen-bond acceptors (Lipinski definition) is 3. The van der Waals surface area contributed by atoms with Crippen molar-refractivity contribution in [3.8, 4) is 45.1 Å². The zero-order chi connectivity index (χ0) is 40.0. The summed E-state index contributed by atoms with van der Waals surface area (Å²) in [6.07, 6.45) is 0. The highest BCUT2D eigenvalue weighted by Crippen LogP contribution is 2.45. The first kappa shape index (κ1) is 33.7. The van der Waals surface area contributed by atoms with Gasteiger partial charge < -0.3 is 8.98 Å². The second-order valence-electron chi connectivity index (χ2n) is 15.7. The lowest BCUT2D eigenvalue weighted by molar-refractivity contribution is 0.673. The summed E-state index contributed by atoms with van der Waals surface area (Å²) in [5.74, 6) is 0.615. The molecule has 0 spiro atoms. The van der Waals surface area contributed by atoms with E-state index in [2.05, 4.69) is 209 Å². The lowest BCUT2D eigenvalue weighted by atomic mass is 10.0. The molecule has 0 aliphatic rings. The summed E-state index contributed by atoms with van der Waals surface area (Å²) in [7, 11) is 0. The first-order valence-electron chi connectivity index (χ1n) is 20.7. The highest BCUT2D eigenvalue weighted by Gasteiger charge is 2.25. The molecule has 0 fully saturated rings. The van der Waals surface area contributed by atoms with Crippen molar-refractivity contribution in [1.82, 2.24) is 19.1 Å². The van der Waals surface area contributed by atoms with Crippen LogP contribution in [0.15, 0.2) is 211 Å². The van der Waals surface area contributed by atoms with E-state index in [1.54, 1.807) is 0 Å². The van der Waals surface area contributed by atoms with Crippen molar-refractivity contribution in [3.63, 3.8) is 0 Å². The van der Waals surface area contributed by atoms with Crippen LogP contribution >= 0.6 is 0 Å². The van der Waals surface area contributed by atoms with Gasteiger partial charge in [-0.1, -0.05) is 164 Å². The molecule has 0 N–H and O–H groups in total. The van der Waals surface area contributed by atoms with Gasteiger partial charge in [0, 0.05) is 43.6 Å². The first-order chi connectivity index (χ1) is 30.3. The van der Waals surface area contributed by atoms with Crippen LogP contribution in [0, 0.1) is 0 Å². The van der Waals surface area contributed by atoms with Crippen molar-refractivity contribution in [3.05, 3.63) is 206 Å². The monoisotopic (exact) mass is 778 g/mol. The van der Waals surface area contributed by atoms with E-state index in [0.29, 0.717) is 5.95 Å². The smallest absolute Gasteiger partial charge is 0.235 e. The van der Waals surface area contributed by atoms with Crippen molar-refractivity contribution < 1.29 is 4.42 Å². The van der Waals surface area contributed by atoms with E-state index in [-0.39, 0.29) is 0 Å². The fraction of sp³-hybridized carbons (Fsp3) is 0. The van der Waals surface area contributed by atoms with Crippen LogP contribution in [0.2, 0.25) is 0 Å². The first-order valence-corrected chi connectivity index (χ1v) is 20.7. The third-order valence-corrected chi connectivity index (χ3v) is 12.4. The summed E-state index contributed by atoms with van der Waals surface area (Å²) in [4.78, 5) is 10.9. The zero-order valence-corrected chi connectivity index (χ0v) is 32.8. The Morgan fingerprint density at radius 2 is 0.902 bits per heavy atom. The van der Waals surface area contributed by atoms with Crippen molar-refractivity contribution in [2.75, 3.05) is 0 Å². The van der Waals surface area contributed by atoms with E-state index in [1.807, 2.05) is 6.07 Å². The topological polar surface area (TPSA) is 48.8 Å². The van der Waals surface area contributed by atoms with Gasteiger partial charge in [0.05, 0.1) is 38.7 Å². The normalized spacial score (nSPS) is 11.9. The minimum Gasteiger partial charge on any atom is -0.455 e. The van der Waals surface area contributed by atoms with E-state index in [9.17, 15) is 0 Å². The molecule has 0 aliphatic carbocycles. The number of aromatic nitrogens is 4.